The van der Waals surface area contributed by atoms with Crippen LogP contribution in [0.15, 0.2) is 24.3 Å². The molecule has 1 aromatic carbocycles. The molecule has 10 heteroatoms. The lowest BCUT2D eigenvalue weighted by Gasteiger charge is -2.37. The number of carbonyl (C=O) groups is 2. The molecule has 2 aliphatic rings. The molecule has 148 valence electrons. The number of carboxylic acid groups (broad SMARTS) is 1. The molecule has 0 spiro atoms. The minimum absolute atomic E-state index is 0.0152. The smallest absolute Gasteiger partial charge is 0.335 e. The van der Waals surface area contributed by atoms with Gasteiger partial charge in [0.1, 0.15) is 0 Å². The first kappa shape index (κ1) is 19.7. The Kier molecular flexibility index (Phi) is 6.10. The van der Waals surface area contributed by atoms with Crippen molar-refractivity contribution in [1.29, 1.82) is 0 Å². The summed E-state index contributed by atoms with van der Waals surface area (Å²) in [6, 6.07) is 6.41. The number of morpholine rings is 1. The van der Waals surface area contributed by atoms with Crippen molar-refractivity contribution < 1.29 is 27.9 Å². The summed E-state index contributed by atoms with van der Waals surface area (Å²) in [6.07, 6.45) is -0.0152. The quantitative estimate of drug-likeness (QED) is 0.728. The van der Waals surface area contributed by atoms with Gasteiger partial charge in [-0.1, -0.05) is 18.2 Å². The van der Waals surface area contributed by atoms with E-state index in [-0.39, 0.29) is 44.1 Å². The van der Waals surface area contributed by atoms with E-state index in [0.717, 1.165) is 0 Å². The van der Waals surface area contributed by atoms with Gasteiger partial charge in [0.05, 0.1) is 25.2 Å². The summed E-state index contributed by atoms with van der Waals surface area (Å²) in [4.78, 5) is 25.4. The van der Waals surface area contributed by atoms with E-state index in [2.05, 4.69) is 0 Å². The van der Waals surface area contributed by atoms with Crippen LogP contribution in [0, 0.1) is 0 Å². The highest BCUT2D eigenvalue weighted by Gasteiger charge is 2.34. The molecular weight excluding hydrogens is 374 g/mol. The molecule has 9 nitrogen and oxygen atoms in total. The number of hydrogen-bond acceptors (Lipinski definition) is 5. The monoisotopic (exact) mass is 397 g/mol. The minimum atomic E-state index is -3.54. The molecule has 3 rings (SSSR count). The summed E-state index contributed by atoms with van der Waals surface area (Å²) < 4.78 is 33.3. The summed E-state index contributed by atoms with van der Waals surface area (Å²) >= 11 is 0. The summed E-state index contributed by atoms with van der Waals surface area (Å²) in [5.41, 5.74) is 0.567. The third-order valence-electron chi connectivity index (χ3n) is 4.80. The van der Waals surface area contributed by atoms with Crippen molar-refractivity contribution in [2.45, 2.75) is 6.42 Å². The van der Waals surface area contributed by atoms with Crippen LogP contribution in [0.3, 0.4) is 0 Å². The van der Waals surface area contributed by atoms with Crippen molar-refractivity contribution in [3.8, 4) is 0 Å². The van der Waals surface area contributed by atoms with Crippen LogP contribution in [-0.4, -0.2) is 91.4 Å². The van der Waals surface area contributed by atoms with E-state index >= 15 is 0 Å². The number of piperazine rings is 1. The van der Waals surface area contributed by atoms with Crippen LogP contribution >= 0.6 is 0 Å². The highest BCUT2D eigenvalue weighted by Crippen LogP contribution is 2.16. The fraction of sp³-hybridized carbons (Fsp3) is 0.529. The van der Waals surface area contributed by atoms with Gasteiger partial charge < -0.3 is 14.7 Å². The Labute approximate surface area is 158 Å². The standard InChI is InChI=1S/C17H23N3O6S/c21-16(13-14-3-1-2-4-15(14)17(22)23)18-5-7-19(8-6-18)27(24,25)20-9-11-26-12-10-20/h1-4H,5-13H2,(H,22,23). The number of carboxylic acids is 1. The summed E-state index contributed by atoms with van der Waals surface area (Å²) in [5, 5.41) is 9.23. The van der Waals surface area contributed by atoms with E-state index in [1.54, 1.807) is 23.1 Å². The maximum Gasteiger partial charge on any atom is 0.335 e. The molecule has 0 radical (unpaired) electrons. The van der Waals surface area contributed by atoms with Crippen molar-refractivity contribution in [1.82, 2.24) is 13.5 Å². The number of amides is 1. The van der Waals surface area contributed by atoms with Crippen molar-refractivity contribution in [2.75, 3.05) is 52.5 Å². The topological polar surface area (TPSA) is 107 Å². The minimum Gasteiger partial charge on any atom is -0.478 e. The van der Waals surface area contributed by atoms with Gasteiger partial charge in [-0.15, -0.1) is 0 Å². The number of nitrogens with zero attached hydrogens (tertiary/aromatic N) is 3. The molecule has 1 N–H and O–H groups in total. The first-order valence-electron chi connectivity index (χ1n) is 8.81. The van der Waals surface area contributed by atoms with Crippen LogP contribution in [0.4, 0.5) is 0 Å². The van der Waals surface area contributed by atoms with Gasteiger partial charge in [-0.2, -0.15) is 17.0 Å². The average molecular weight is 397 g/mol. The Morgan fingerprint density at radius 1 is 0.963 bits per heavy atom. The number of hydrogen-bond donors (Lipinski definition) is 1. The van der Waals surface area contributed by atoms with Gasteiger partial charge in [0.15, 0.2) is 0 Å². The zero-order valence-electron chi connectivity index (χ0n) is 14.9. The van der Waals surface area contributed by atoms with Gasteiger partial charge in [0.2, 0.25) is 5.91 Å². The number of aromatic carboxylic acids is 1. The molecule has 2 fully saturated rings. The molecular formula is C17H23N3O6S. The molecule has 27 heavy (non-hydrogen) atoms. The molecule has 0 bridgehead atoms. The third-order valence-corrected chi connectivity index (χ3v) is 6.84. The number of ether oxygens (including phenoxy) is 1. The number of rotatable bonds is 5. The summed E-state index contributed by atoms with van der Waals surface area (Å²) in [6.45, 7) is 2.50. The van der Waals surface area contributed by atoms with Crippen LogP contribution < -0.4 is 0 Å². The van der Waals surface area contributed by atoms with Gasteiger partial charge in [-0.3, -0.25) is 4.79 Å². The van der Waals surface area contributed by atoms with E-state index < -0.39 is 16.2 Å². The fourth-order valence-electron chi connectivity index (χ4n) is 3.27. The maximum absolute atomic E-state index is 12.7. The lowest BCUT2D eigenvalue weighted by atomic mass is 10.0. The van der Waals surface area contributed by atoms with Crippen LogP contribution in [0.5, 0.6) is 0 Å². The van der Waals surface area contributed by atoms with Gasteiger partial charge in [-0.25, -0.2) is 4.79 Å². The molecule has 2 aliphatic heterocycles. The lowest BCUT2D eigenvalue weighted by Crippen LogP contribution is -2.56. The molecule has 1 aromatic rings. The van der Waals surface area contributed by atoms with E-state index in [4.69, 9.17) is 4.74 Å². The molecule has 0 aliphatic carbocycles. The molecule has 0 aromatic heterocycles. The largest absolute Gasteiger partial charge is 0.478 e. The Balaban J connectivity index is 1.59. The van der Waals surface area contributed by atoms with E-state index in [1.807, 2.05) is 0 Å². The van der Waals surface area contributed by atoms with Crippen LogP contribution in [-0.2, 0) is 26.2 Å². The van der Waals surface area contributed by atoms with Crippen LogP contribution in [0.25, 0.3) is 0 Å². The molecule has 0 unspecified atom stereocenters. The Morgan fingerprint density at radius 2 is 1.56 bits per heavy atom. The second-order valence-corrected chi connectivity index (χ2v) is 8.37. The molecule has 2 heterocycles. The molecule has 1 amide bonds. The summed E-state index contributed by atoms with van der Waals surface area (Å²) in [5.74, 6) is -1.27. The maximum atomic E-state index is 12.7. The average Bonchev–Trinajstić information content (AvgIpc) is 2.69. The second kappa shape index (κ2) is 8.34. The van der Waals surface area contributed by atoms with Gasteiger partial charge in [0.25, 0.3) is 10.2 Å². The Bertz CT molecular complexity index is 799. The fourth-order valence-corrected chi connectivity index (χ4v) is 4.83. The zero-order valence-corrected chi connectivity index (χ0v) is 15.7. The van der Waals surface area contributed by atoms with Crippen molar-refractivity contribution in [3.05, 3.63) is 35.4 Å². The molecule has 0 saturated carbocycles. The molecule has 2 saturated heterocycles. The van der Waals surface area contributed by atoms with Gasteiger partial charge in [0, 0.05) is 39.3 Å². The van der Waals surface area contributed by atoms with Crippen molar-refractivity contribution in [2.24, 2.45) is 0 Å². The zero-order chi connectivity index (χ0) is 19.4. The summed E-state index contributed by atoms with van der Waals surface area (Å²) in [7, 11) is -3.54. The van der Waals surface area contributed by atoms with Crippen LogP contribution in [0.1, 0.15) is 15.9 Å². The number of benzene rings is 1. The van der Waals surface area contributed by atoms with E-state index in [1.165, 1.54) is 14.7 Å². The van der Waals surface area contributed by atoms with Crippen molar-refractivity contribution in [3.63, 3.8) is 0 Å². The Hall–Kier alpha value is -2.01. The highest BCUT2D eigenvalue weighted by molar-refractivity contribution is 7.86. The normalized spacial score (nSPS) is 19.8. The van der Waals surface area contributed by atoms with Crippen LogP contribution in [0.2, 0.25) is 0 Å². The predicted octanol–water partition coefficient (Wildman–Crippen LogP) is -0.351. The predicted molar refractivity (Wildman–Crippen MR) is 96.6 cm³/mol. The highest BCUT2D eigenvalue weighted by atomic mass is 32.2. The first-order valence-corrected chi connectivity index (χ1v) is 10.2. The number of carbonyl (C=O) groups excluding carboxylic acids is 1. The van der Waals surface area contributed by atoms with Gasteiger partial charge in [-0.05, 0) is 11.6 Å². The van der Waals surface area contributed by atoms with E-state index in [9.17, 15) is 23.1 Å². The van der Waals surface area contributed by atoms with Crippen molar-refractivity contribution >= 4 is 22.1 Å². The van der Waals surface area contributed by atoms with Gasteiger partial charge >= 0.3 is 5.97 Å². The second-order valence-electron chi connectivity index (χ2n) is 6.44. The molecule has 0 atom stereocenters. The Morgan fingerprint density at radius 3 is 2.19 bits per heavy atom. The lowest BCUT2D eigenvalue weighted by molar-refractivity contribution is -0.131. The third kappa shape index (κ3) is 4.46. The van der Waals surface area contributed by atoms with E-state index in [0.29, 0.717) is 31.9 Å². The SMILES string of the molecule is O=C(O)c1ccccc1CC(=O)N1CCN(S(=O)(=O)N2CCOCC2)CC1. The first-order chi connectivity index (χ1) is 12.9.